The van der Waals surface area contributed by atoms with Gasteiger partial charge in [0.2, 0.25) is 5.88 Å². The molecule has 15 heavy (non-hydrogen) atoms. The lowest BCUT2D eigenvalue weighted by molar-refractivity contribution is -0.276. The maximum absolute atomic E-state index is 11.9. The molecule has 0 amide bonds. The van der Waals surface area contributed by atoms with Crippen molar-refractivity contribution < 1.29 is 23.0 Å². The van der Waals surface area contributed by atoms with Gasteiger partial charge < -0.3 is 15.6 Å². The minimum atomic E-state index is -4.96. The van der Waals surface area contributed by atoms with Crippen molar-refractivity contribution in [2.75, 3.05) is 0 Å². The first-order chi connectivity index (χ1) is 6.83. The highest BCUT2D eigenvalue weighted by atomic mass is 19.4. The molecule has 0 saturated heterocycles. The Morgan fingerprint density at radius 2 is 2.13 bits per heavy atom. The lowest BCUT2D eigenvalue weighted by atomic mass is 10.2. The summed E-state index contributed by atoms with van der Waals surface area (Å²) in [5.41, 5.74) is 3.86. The van der Waals surface area contributed by atoms with E-state index in [4.69, 9.17) is 10.8 Å². The molecule has 0 aliphatic carbocycles. The topological polar surface area (TPSA) is 88.3 Å². The van der Waals surface area contributed by atoms with Crippen LogP contribution in [-0.2, 0) is 6.54 Å². The maximum atomic E-state index is 11.9. The molecule has 1 rings (SSSR count). The second-order valence-corrected chi connectivity index (χ2v) is 2.58. The van der Waals surface area contributed by atoms with Gasteiger partial charge in [0.25, 0.3) is 5.56 Å². The average Bonchev–Trinajstić information content (AvgIpc) is 1.99. The van der Waals surface area contributed by atoms with Crippen LogP contribution in [0.15, 0.2) is 10.9 Å². The minimum Gasteiger partial charge on any atom is -0.507 e. The summed E-state index contributed by atoms with van der Waals surface area (Å²) in [7, 11) is 0. The fourth-order valence-electron chi connectivity index (χ4n) is 0.951. The van der Waals surface area contributed by atoms with Gasteiger partial charge in [-0.15, -0.1) is 13.2 Å². The molecule has 0 saturated carbocycles. The molecule has 84 valence electrons. The van der Waals surface area contributed by atoms with E-state index >= 15 is 0 Å². The first kappa shape index (κ1) is 11.4. The van der Waals surface area contributed by atoms with E-state index < -0.39 is 30.1 Å². The van der Waals surface area contributed by atoms with Crippen molar-refractivity contribution in [3.05, 3.63) is 22.0 Å². The Morgan fingerprint density at radius 3 is 2.60 bits per heavy atom. The largest absolute Gasteiger partial charge is 0.574 e. The molecule has 0 unspecified atom stereocenters. The van der Waals surface area contributed by atoms with E-state index in [-0.39, 0.29) is 5.56 Å². The van der Waals surface area contributed by atoms with Gasteiger partial charge in [0.15, 0.2) is 0 Å². The fraction of sp³-hybridized carbons (Fsp3) is 0.286. The molecule has 0 fully saturated rings. The molecule has 0 radical (unpaired) electrons. The van der Waals surface area contributed by atoms with Crippen LogP contribution < -0.4 is 16.0 Å². The normalized spacial score (nSPS) is 11.5. The molecule has 0 aromatic carbocycles. The summed E-state index contributed by atoms with van der Waals surface area (Å²) in [5, 5.41) is 9.12. The quantitative estimate of drug-likeness (QED) is 0.680. The number of H-pyrrole nitrogens is 1. The van der Waals surface area contributed by atoms with Gasteiger partial charge in [-0.1, -0.05) is 0 Å². The number of halogens is 3. The summed E-state index contributed by atoms with van der Waals surface area (Å²) in [6.45, 7) is -0.395. The fourth-order valence-corrected chi connectivity index (χ4v) is 0.951. The highest BCUT2D eigenvalue weighted by Crippen LogP contribution is 2.27. The van der Waals surface area contributed by atoms with Gasteiger partial charge >= 0.3 is 6.36 Å². The van der Waals surface area contributed by atoms with Gasteiger partial charge in [0.1, 0.15) is 5.75 Å². The van der Waals surface area contributed by atoms with Gasteiger partial charge in [0, 0.05) is 12.6 Å². The van der Waals surface area contributed by atoms with E-state index in [2.05, 4.69) is 4.74 Å². The third-order valence-corrected chi connectivity index (χ3v) is 1.51. The van der Waals surface area contributed by atoms with Crippen LogP contribution >= 0.6 is 0 Å². The number of aromatic amines is 1. The SMILES string of the molecule is NCc1c(O)cc(=O)[nH]c1OC(F)(F)F. The van der Waals surface area contributed by atoms with Crippen LogP contribution in [0, 0.1) is 0 Å². The summed E-state index contributed by atoms with van der Waals surface area (Å²) in [4.78, 5) is 12.5. The zero-order chi connectivity index (χ0) is 11.6. The second kappa shape index (κ2) is 3.81. The number of nitrogens with one attached hydrogen (secondary N) is 1. The number of rotatable bonds is 2. The second-order valence-electron chi connectivity index (χ2n) is 2.58. The first-order valence-electron chi connectivity index (χ1n) is 3.74. The summed E-state index contributed by atoms with van der Waals surface area (Å²) < 4.78 is 39.1. The van der Waals surface area contributed by atoms with E-state index in [0.29, 0.717) is 6.07 Å². The number of aromatic nitrogens is 1. The minimum absolute atomic E-state index is 0.313. The number of hydrogen-bond donors (Lipinski definition) is 3. The number of ether oxygens (including phenoxy) is 1. The van der Waals surface area contributed by atoms with Gasteiger partial charge in [-0.05, 0) is 0 Å². The van der Waals surface area contributed by atoms with Gasteiger partial charge in [-0.2, -0.15) is 0 Å². The van der Waals surface area contributed by atoms with E-state index in [9.17, 15) is 18.0 Å². The predicted octanol–water partition coefficient (Wildman–Crippen LogP) is 0.438. The lowest BCUT2D eigenvalue weighted by Gasteiger charge is -2.12. The maximum Gasteiger partial charge on any atom is 0.574 e. The highest BCUT2D eigenvalue weighted by molar-refractivity contribution is 5.38. The van der Waals surface area contributed by atoms with E-state index in [1.807, 2.05) is 0 Å². The molecule has 1 aromatic rings. The Morgan fingerprint density at radius 1 is 1.53 bits per heavy atom. The van der Waals surface area contributed by atoms with Gasteiger partial charge in [-0.25, -0.2) is 0 Å². The molecule has 5 nitrogen and oxygen atoms in total. The van der Waals surface area contributed by atoms with Gasteiger partial charge in [-0.3, -0.25) is 9.78 Å². The van der Waals surface area contributed by atoms with Crippen molar-refractivity contribution in [3.8, 4) is 11.6 Å². The molecule has 0 spiro atoms. The average molecular weight is 224 g/mol. The molecule has 1 heterocycles. The van der Waals surface area contributed by atoms with Crippen molar-refractivity contribution in [2.45, 2.75) is 12.9 Å². The third-order valence-electron chi connectivity index (χ3n) is 1.51. The molecule has 4 N–H and O–H groups in total. The monoisotopic (exact) mass is 224 g/mol. The van der Waals surface area contributed by atoms with E-state index in [0.717, 1.165) is 0 Å². The van der Waals surface area contributed by atoms with Crippen LogP contribution in [0.2, 0.25) is 0 Å². The predicted molar refractivity (Wildman–Crippen MR) is 43.3 cm³/mol. The smallest absolute Gasteiger partial charge is 0.507 e. The molecule has 1 aromatic heterocycles. The highest BCUT2D eigenvalue weighted by Gasteiger charge is 2.33. The number of aromatic hydroxyl groups is 1. The van der Waals surface area contributed by atoms with Crippen molar-refractivity contribution in [1.29, 1.82) is 0 Å². The Bertz CT molecular complexity index is 413. The van der Waals surface area contributed by atoms with Crippen molar-refractivity contribution >= 4 is 0 Å². The first-order valence-corrected chi connectivity index (χ1v) is 3.74. The standard InChI is InChI=1S/C7H7F3N2O3/c8-7(9,10)15-6-3(2-11)4(13)1-5(14)12-6/h1H,2,11H2,(H2,12,13,14). The molecule has 0 aliphatic rings. The number of nitrogens with two attached hydrogens (primary N) is 1. The molecule has 0 bridgehead atoms. The van der Waals surface area contributed by atoms with Gasteiger partial charge in [0.05, 0.1) is 5.56 Å². The Hall–Kier alpha value is -1.70. The van der Waals surface area contributed by atoms with Crippen molar-refractivity contribution in [1.82, 2.24) is 4.98 Å². The Balaban J connectivity index is 3.21. The Kier molecular flexibility index (Phi) is 2.89. The van der Waals surface area contributed by atoms with Crippen LogP contribution in [0.3, 0.4) is 0 Å². The summed E-state index contributed by atoms with van der Waals surface area (Å²) in [6.07, 6.45) is -4.96. The number of pyridine rings is 1. The third kappa shape index (κ3) is 2.88. The molecule has 0 aliphatic heterocycles. The van der Waals surface area contributed by atoms with Crippen LogP contribution in [0.5, 0.6) is 11.6 Å². The summed E-state index contributed by atoms with van der Waals surface area (Å²) in [5.74, 6) is -1.53. The molecular weight excluding hydrogens is 217 g/mol. The zero-order valence-corrected chi connectivity index (χ0v) is 7.26. The molecule has 8 heteroatoms. The number of hydrogen-bond acceptors (Lipinski definition) is 4. The van der Waals surface area contributed by atoms with Crippen LogP contribution in [-0.4, -0.2) is 16.5 Å². The number of alkyl halides is 3. The van der Waals surface area contributed by atoms with E-state index in [1.54, 1.807) is 4.98 Å². The summed E-state index contributed by atoms with van der Waals surface area (Å²) in [6, 6.07) is 0.714. The Labute approximate surface area is 81.3 Å². The van der Waals surface area contributed by atoms with Crippen molar-refractivity contribution in [2.24, 2.45) is 5.73 Å². The van der Waals surface area contributed by atoms with Crippen LogP contribution in [0.4, 0.5) is 13.2 Å². The molecular formula is C7H7F3N2O3. The van der Waals surface area contributed by atoms with Crippen LogP contribution in [0.1, 0.15) is 5.56 Å². The van der Waals surface area contributed by atoms with E-state index in [1.165, 1.54) is 0 Å². The lowest BCUT2D eigenvalue weighted by Crippen LogP contribution is -2.22. The molecule has 0 atom stereocenters. The van der Waals surface area contributed by atoms with Crippen molar-refractivity contribution in [3.63, 3.8) is 0 Å². The van der Waals surface area contributed by atoms with Crippen LogP contribution in [0.25, 0.3) is 0 Å². The summed E-state index contributed by atoms with van der Waals surface area (Å²) >= 11 is 0. The zero-order valence-electron chi connectivity index (χ0n) is 7.26.